The second-order valence-electron chi connectivity index (χ2n) is 6.95. The van der Waals surface area contributed by atoms with Gasteiger partial charge in [0.15, 0.2) is 11.5 Å². The number of hydrogen-bond acceptors (Lipinski definition) is 5. The van der Waals surface area contributed by atoms with Crippen molar-refractivity contribution in [1.29, 1.82) is 0 Å². The monoisotopic (exact) mass is 413 g/mol. The van der Waals surface area contributed by atoms with Crippen molar-refractivity contribution >= 4 is 17.7 Å². The van der Waals surface area contributed by atoms with Crippen LogP contribution in [0.1, 0.15) is 41.0 Å². The maximum absolute atomic E-state index is 12.3. The lowest BCUT2D eigenvalue weighted by atomic mass is 10.1. The molecule has 2 rings (SSSR count). The molecule has 2 aromatic carbocycles. The first-order valence-corrected chi connectivity index (χ1v) is 9.64. The van der Waals surface area contributed by atoms with Gasteiger partial charge in [-0.15, -0.1) is 0 Å². The summed E-state index contributed by atoms with van der Waals surface area (Å²) >= 11 is 0. The van der Waals surface area contributed by atoms with Gasteiger partial charge in [-0.25, -0.2) is 0 Å². The van der Waals surface area contributed by atoms with Crippen LogP contribution in [0, 0.1) is 5.92 Å². The first-order valence-electron chi connectivity index (χ1n) is 9.64. The van der Waals surface area contributed by atoms with E-state index in [1.54, 1.807) is 42.5 Å². The topological polar surface area (TPSA) is 106 Å². The number of ether oxygens (including phenoxy) is 2. The fourth-order valence-electron chi connectivity index (χ4n) is 2.43. The van der Waals surface area contributed by atoms with E-state index in [-0.39, 0.29) is 18.0 Å². The molecule has 30 heavy (non-hydrogen) atoms. The number of hydrogen-bond donors (Lipinski definition) is 3. The molecule has 0 unspecified atom stereocenters. The van der Waals surface area contributed by atoms with Gasteiger partial charge < -0.3 is 14.8 Å². The highest BCUT2D eigenvalue weighted by Crippen LogP contribution is 2.28. The summed E-state index contributed by atoms with van der Waals surface area (Å²) in [5.74, 6) is 0.0187. The molecule has 2 aromatic rings. The Morgan fingerprint density at radius 2 is 1.63 bits per heavy atom. The lowest BCUT2D eigenvalue weighted by Crippen LogP contribution is -2.46. The molecular formula is C22H27N3O5. The molecule has 8 nitrogen and oxygen atoms in total. The number of rotatable bonds is 9. The second-order valence-corrected chi connectivity index (χ2v) is 6.95. The van der Waals surface area contributed by atoms with Gasteiger partial charge in [0, 0.05) is 11.1 Å². The van der Waals surface area contributed by atoms with Crippen LogP contribution in [0.3, 0.4) is 0 Å². The Balaban J connectivity index is 1.83. The van der Waals surface area contributed by atoms with E-state index < -0.39 is 11.8 Å². The molecule has 0 aliphatic rings. The first kappa shape index (κ1) is 22.7. The molecule has 0 aliphatic heterocycles. The largest absolute Gasteiger partial charge is 0.493 e. The maximum Gasteiger partial charge on any atom is 0.269 e. The highest BCUT2D eigenvalue weighted by atomic mass is 16.5. The van der Waals surface area contributed by atoms with Gasteiger partial charge in [0.1, 0.15) is 0 Å². The van der Waals surface area contributed by atoms with Gasteiger partial charge in [-0.3, -0.25) is 25.2 Å². The summed E-state index contributed by atoms with van der Waals surface area (Å²) in [6, 6.07) is 13.3. The van der Waals surface area contributed by atoms with Crippen molar-refractivity contribution in [1.82, 2.24) is 16.2 Å². The summed E-state index contributed by atoms with van der Waals surface area (Å²) in [6.45, 7) is 4.48. The molecule has 0 spiro atoms. The van der Waals surface area contributed by atoms with Crippen LogP contribution < -0.4 is 25.6 Å². The van der Waals surface area contributed by atoms with Crippen LogP contribution >= 0.6 is 0 Å². The van der Waals surface area contributed by atoms with E-state index in [0.29, 0.717) is 29.6 Å². The van der Waals surface area contributed by atoms with Crippen molar-refractivity contribution in [2.45, 2.75) is 20.3 Å². The van der Waals surface area contributed by atoms with Crippen molar-refractivity contribution in [2.75, 3.05) is 20.3 Å². The molecule has 3 amide bonds. The number of carbonyl (C=O) groups is 3. The van der Waals surface area contributed by atoms with Crippen LogP contribution in [-0.4, -0.2) is 38.0 Å². The third-order valence-electron chi connectivity index (χ3n) is 4.14. The molecule has 160 valence electrons. The van der Waals surface area contributed by atoms with Crippen LogP contribution in [0.15, 0.2) is 48.5 Å². The molecule has 0 aromatic heterocycles. The van der Waals surface area contributed by atoms with Gasteiger partial charge in [0.25, 0.3) is 17.7 Å². The molecule has 0 heterocycles. The Morgan fingerprint density at radius 3 is 2.30 bits per heavy atom. The van der Waals surface area contributed by atoms with E-state index in [1.165, 1.54) is 13.2 Å². The summed E-state index contributed by atoms with van der Waals surface area (Å²) in [5.41, 5.74) is 5.30. The molecule has 0 saturated carbocycles. The Morgan fingerprint density at radius 1 is 0.900 bits per heavy atom. The van der Waals surface area contributed by atoms with E-state index in [2.05, 4.69) is 30.0 Å². The summed E-state index contributed by atoms with van der Waals surface area (Å²) in [4.78, 5) is 36.1. The SMILES string of the molecule is COc1cc(C(=O)NNC(=O)CNC(=O)c2ccccc2)ccc1OCCC(C)C. The lowest BCUT2D eigenvalue weighted by Gasteiger charge is -2.13. The van der Waals surface area contributed by atoms with Crippen molar-refractivity contribution in [3.8, 4) is 11.5 Å². The van der Waals surface area contributed by atoms with E-state index in [4.69, 9.17) is 9.47 Å². The summed E-state index contributed by atoms with van der Waals surface area (Å²) in [6.07, 6.45) is 0.901. The fourth-order valence-corrected chi connectivity index (χ4v) is 2.43. The normalized spacial score (nSPS) is 10.3. The predicted octanol–water partition coefficient (Wildman–Crippen LogP) is 2.31. The highest BCUT2D eigenvalue weighted by molar-refractivity contribution is 5.98. The molecule has 8 heteroatoms. The molecule has 0 bridgehead atoms. The Hall–Kier alpha value is -3.55. The Bertz CT molecular complexity index is 868. The second kappa shape index (κ2) is 11.5. The molecule has 0 radical (unpaired) electrons. The van der Waals surface area contributed by atoms with E-state index in [0.717, 1.165) is 6.42 Å². The fraction of sp³-hybridized carbons (Fsp3) is 0.318. The number of benzene rings is 2. The summed E-state index contributed by atoms with van der Waals surface area (Å²) < 4.78 is 11.0. The zero-order chi connectivity index (χ0) is 21.9. The minimum atomic E-state index is -0.562. The van der Waals surface area contributed by atoms with E-state index >= 15 is 0 Å². The zero-order valence-electron chi connectivity index (χ0n) is 17.4. The average Bonchev–Trinajstić information content (AvgIpc) is 2.76. The minimum Gasteiger partial charge on any atom is -0.493 e. The molecular weight excluding hydrogens is 386 g/mol. The molecule has 0 fully saturated rings. The van der Waals surface area contributed by atoms with E-state index in [9.17, 15) is 14.4 Å². The number of methoxy groups -OCH3 is 1. The number of amides is 3. The standard InChI is InChI=1S/C22H27N3O5/c1-15(2)11-12-30-18-10-9-17(13-19(18)29-3)22(28)25-24-20(26)14-23-21(27)16-7-5-4-6-8-16/h4-10,13,15H,11-12,14H2,1-3H3,(H,23,27)(H,24,26)(H,25,28). The average molecular weight is 413 g/mol. The third-order valence-corrected chi connectivity index (χ3v) is 4.14. The van der Waals surface area contributed by atoms with Gasteiger partial charge in [-0.2, -0.15) is 0 Å². The number of hydrazine groups is 1. The van der Waals surface area contributed by atoms with E-state index in [1.807, 2.05) is 0 Å². The number of nitrogens with one attached hydrogen (secondary N) is 3. The molecule has 0 aliphatic carbocycles. The van der Waals surface area contributed by atoms with Crippen LogP contribution in [-0.2, 0) is 4.79 Å². The van der Waals surface area contributed by atoms with Gasteiger partial charge in [0.2, 0.25) is 0 Å². The van der Waals surface area contributed by atoms with Crippen LogP contribution in [0.25, 0.3) is 0 Å². The Kier molecular flexibility index (Phi) is 8.68. The lowest BCUT2D eigenvalue weighted by molar-refractivity contribution is -0.120. The van der Waals surface area contributed by atoms with Crippen LogP contribution in [0.2, 0.25) is 0 Å². The van der Waals surface area contributed by atoms with Crippen molar-refractivity contribution in [3.63, 3.8) is 0 Å². The molecule has 0 atom stereocenters. The van der Waals surface area contributed by atoms with Crippen LogP contribution in [0.4, 0.5) is 0 Å². The zero-order valence-corrected chi connectivity index (χ0v) is 17.4. The summed E-state index contributed by atoms with van der Waals surface area (Å²) in [5, 5.41) is 2.48. The van der Waals surface area contributed by atoms with Gasteiger partial charge in [-0.05, 0) is 42.7 Å². The number of carbonyl (C=O) groups excluding carboxylic acids is 3. The maximum atomic E-state index is 12.3. The smallest absolute Gasteiger partial charge is 0.269 e. The molecule has 3 N–H and O–H groups in total. The quantitative estimate of drug-likeness (QED) is 0.547. The summed E-state index contributed by atoms with van der Waals surface area (Å²) in [7, 11) is 1.49. The third kappa shape index (κ3) is 7.12. The van der Waals surface area contributed by atoms with Gasteiger partial charge >= 0.3 is 0 Å². The van der Waals surface area contributed by atoms with Crippen LogP contribution in [0.5, 0.6) is 11.5 Å². The van der Waals surface area contributed by atoms with Crippen molar-refractivity contribution in [2.24, 2.45) is 5.92 Å². The Labute approximate surface area is 175 Å². The predicted molar refractivity (Wildman–Crippen MR) is 112 cm³/mol. The van der Waals surface area contributed by atoms with Crippen molar-refractivity contribution < 1.29 is 23.9 Å². The van der Waals surface area contributed by atoms with Gasteiger partial charge in [-0.1, -0.05) is 32.0 Å². The first-order chi connectivity index (χ1) is 14.4. The molecule has 0 saturated heterocycles. The van der Waals surface area contributed by atoms with Gasteiger partial charge in [0.05, 0.1) is 20.3 Å². The minimum absolute atomic E-state index is 0.278. The van der Waals surface area contributed by atoms with Crippen molar-refractivity contribution in [3.05, 3.63) is 59.7 Å². The highest BCUT2D eigenvalue weighted by Gasteiger charge is 2.13.